The summed E-state index contributed by atoms with van der Waals surface area (Å²) in [6.45, 7) is 1.92. The van der Waals surface area contributed by atoms with Crippen LogP contribution in [0, 0.1) is 6.92 Å². The number of ketones is 1. The van der Waals surface area contributed by atoms with Gasteiger partial charge in [0, 0.05) is 17.0 Å². The minimum absolute atomic E-state index is 0.0988. The predicted octanol–water partition coefficient (Wildman–Crippen LogP) is 3.98. The molecule has 3 nitrogen and oxygen atoms in total. The zero-order chi connectivity index (χ0) is 14.1. The van der Waals surface area contributed by atoms with Crippen LogP contribution in [0.5, 0.6) is 5.75 Å². The van der Waals surface area contributed by atoms with Crippen molar-refractivity contribution in [1.82, 2.24) is 0 Å². The molecule has 0 aliphatic carbocycles. The van der Waals surface area contributed by atoms with E-state index in [1.54, 1.807) is 19.2 Å². The number of hydrogen-bond donors (Lipinski definition) is 0. The fourth-order valence-corrected chi connectivity index (χ4v) is 2.21. The van der Waals surface area contributed by atoms with Gasteiger partial charge in [-0.15, -0.1) is 0 Å². The largest absolute Gasteiger partial charge is 0.497 e. The molecule has 1 aromatic heterocycles. The third kappa shape index (κ3) is 2.07. The Labute approximate surface area is 116 Å². The Morgan fingerprint density at radius 3 is 2.65 bits per heavy atom. The van der Waals surface area contributed by atoms with Crippen LogP contribution in [0.25, 0.3) is 11.0 Å². The van der Waals surface area contributed by atoms with E-state index in [-0.39, 0.29) is 5.78 Å². The molecule has 0 atom stereocenters. The fourth-order valence-electron chi connectivity index (χ4n) is 2.21. The molecule has 0 N–H and O–H groups in total. The van der Waals surface area contributed by atoms with Crippen LogP contribution >= 0.6 is 0 Å². The van der Waals surface area contributed by atoms with E-state index in [9.17, 15) is 4.79 Å². The summed E-state index contributed by atoms with van der Waals surface area (Å²) in [5.41, 5.74) is 2.26. The first kappa shape index (κ1) is 12.5. The Balaban J connectivity index is 2.06. The summed E-state index contributed by atoms with van der Waals surface area (Å²) in [6.07, 6.45) is 0. The number of methoxy groups -OCH3 is 1. The molecule has 0 bridgehead atoms. The molecule has 20 heavy (non-hydrogen) atoms. The summed E-state index contributed by atoms with van der Waals surface area (Å²) in [6, 6.07) is 14.8. The van der Waals surface area contributed by atoms with Crippen molar-refractivity contribution in [3.05, 3.63) is 65.4 Å². The van der Waals surface area contributed by atoms with Crippen LogP contribution in [0.15, 0.2) is 52.9 Å². The van der Waals surface area contributed by atoms with E-state index < -0.39 is 0 Å². The molecule has 1 heterocycles. The first-order valence-corrected chi connectivity index (χ1v) is 6.37. The van der Waals surface area contributed by atoms with Gasteiger partial charge in [-0.1, -0.05) is 24.3 Å². The van der Waals surface area contributed by atoms with Gasteiger partial charge in [-0.25, -0.2) is 0 Å². The van der Waals surface area contributed by atoms with Crippen LogP contribution < -0.4 is 4.74 Å². The lowest BCUT2D eigenvalue weighted by molar-refractivity contribution is 0.101. The highest BCUT2D eigenvalue weighted by atomic mass is 16.5. The lowest BCUT2D eigenvalue weighted by atomic mass is 10.0. The molecule has 0 saturated heterocycles. The van der Waals surface area contributed by atoms with Crippen molar-refractivity contribution in [2.75, 3.05) is 7.11 Å². The number of hydrogen-bond acceptors (Lipinski definition) is 3. The molecule has 3 heteroatoms. The zero-order valence-electron chi connectivity index (χ0n) is 11.3. The van der Waals surface area contributed by atoms with E-state index in [1.807, 2.05) is 43.3 Å². The Morgan fingerprint density at radius 1 is 1.10 bits per heavy atom. The van der Waals surface area contributed by atoms with Crippen molar-refractivity contribution >= 4 is 16.8 Å². The van der Waals surface area contributed by atoms with Gasteiger partial charge < -0.3 is 9.15 Å². The second-order valence-electron chi connectivity index (χ2n) is 4.66. The minimum atomic E-state index is -0.0988. The van der Waals surface area contributed by atoms with Gasteiger partial charge in [0.25, 0.3) is 0 Å². The topological polar surface area (TPSA) is 39.4 Å². The summed E-state index contributed by atoms with van der Waals surface area (Å²) in [5, 5.41) is 0.891. The van der Waals surface area contributed by atoms with Crippen molar-refractivity contribution in [2.24, 2.45) is 0 Å². The van der Waals surface area contributed by atoms with Crippen molar-refractivity contribution in [3.8, 4) is 5.75 Å². The Morgan fingerprint density at radius 2 is 1.90 bits per heavy atom. The number of carbonyl (C=O) groups excluding carboxylic acids is 1. The normalized spacial score (nSPS) is 10.7. The monoisotopic (exact) mass is 266 g/mol. The quantitative estimate of drug-likeness (QED) is 0.673. The second kappa shape index (κ2) is 4.85. The molecule has 0 spiro atoms. The number of furan rings is 1. The maximum Gasteiger partial charge on any atom is 0.228 e. The smallest absolute Gasteiger partial charge is 0.228 e. The summed E-state index contributed by atoms with van der Waals surface area (Å²) >= 11 is 0. The van der Waals surface area contributed by atoms with Gasteiger partial charge in [0.2, 0.25) is 5.78 Å². The molecular formula is C17H14O3. The highest BCUT2D eigenvalue weighted by Gasteiger charge is 2.16. The summed E-state index contributed by atoms with van der Waals surface area (Å²) < 4.78 is 10.8. The minimum Gasteiger partial charge on any atom is -0.497 e. The van der Waals surface area contributed by atoms with Gasteiger partial charge in [0.15, 0.2) is 5.76 Å². The van der Waals surface area contributed by atoms with Crippen LogP contribution in [0.3, 0.4) is 0 Å². The molecule has 0 saturated carbocycles. The molecular weight excluding hydrogens is 252 g/mol. The maximum atomic E-state index is 12.5. The van der Waals surface area contributed by atoms with Crippen molar-refractivity contribution < 1.29 is 13.9 Å². The van der Waals surface area contributed by atoms with Gasteiger partial charge in [-0.05, 0) is 30.7 Å². The Bertz CT molecular complexity index is 784. The molecule has 0 unspecified atom stereocenters. The van der Waals surface area contributed by atoms with Crippen LogP contribution in [-0.2, 0) is 0 Å². The lowest BCUT2D eigenvalue weighted by Gasteiger charge is -2.01. The molecule has 0 aliphatic rings. The maximum absolute atomic E-state index is 12.5. The van der Waals surface area contributed by atoms with E-state index in [0.717, 1.165) is 10.9 Å². The third-order valence-corrected chi connectivity index (χ3v) is 3.34. The molecule has 0 aliphatic heterocycles. The van der Waals surface area contributed by atoms with Crippen LogP contribution in [-0.4, -0.2) is 12.9 Å². The number of carbonyl (C=O) groups is 1. The number of aryl methyl sites for hydroxylation is 1. The molecule has 3 aromatic rings. The number of ether oxygens (including phenoxy) is 1. The highest BCUT2D eigenvalue weighted by molar-refractivity contribution is 6.09. The van der Waals surface area contributed by atoms with Crippen molar-refractivity contribution in [1.29, 1.82) is 0 Å². The van der Waals surface area contributed by atoms with Gasteiger partial charge in [0.1, 0.15) is 11.3 Å². The zero-order valence-corrected chi connectivity index (χ0v) is 11.3. The SMILES string of the molecule is COc1ccc2cc(C(=O)c3ccccc3C)oc2c1. The molecule has 0 amide bonds. The molecule has 100 valence electrons. The van der Waals surface area contributed by atoms with Crippen LogP contribution in [0.4, 0.5) is 0 Å². The summed E-state index contributed by atoms with van der Waals surface area (Å²) in [5.74, 6) is 0.961. The van der Waals surface area contributed by atoms with E-state index >= 15 is 0 Å². The Hall–Kier alpha value is -2.55. The van der Waals surface area contributed by atoms with Crippen LogP contribution in [0.1, 0.15) is 21.7 Å². The Kier molecular flexibility index (Phi) is 3.03. The molecule has 3 rings (SSSR count). The molecule has 2 aromatic carbocycles. The summed E-state index contributed by atoms with van der Waals surface area (Å²) in [4.78, 5) is 12.5. The van der Waals surface area contributed by atoms with Gasteiger partial charge in [-0.2, -0.15) is 0 Å². The van der Waals surface area contributed by atoms with E-state index in [1.165, 1.54) is 0 Å². The lowest BCUT2D eigenvalue weighted by Crippen LogP contribution is -2.01. The van der Waals surface area contributed by atoms with Crippen molar-refractivity contribution in [3.63, 3.8) is 0 Å². The summed E-state index contributed by atoms with van der Waals surface area (Å²) in [7, 11) is 1.60. The van der Waals surface area contributed by atoms with Gasteiger partial charge >= 0.3 is 0 Å². The van der Waals surface area contributed by atoms with Crippen molar-refractivity contribution in [2.45, 2.75) is 6.92 Å². The first-order chi connectivity index (χ1) is 9.69. The average molecular weight is 266 g/mol. The molecule has 0 fully saturated rings. The van der Waals surface area contributed by atoms with Gasteiger partial charge in [0.05, 0.1) is 7.11 Å². The van der Waals surface area contributed by atoms with E-state index in [2.05, 4.69) is 0 Å². The first-order valence-electron chi connectivity index (χ1n) is 6.37. The number of rotatable bonds is 3. The predicted molar refractivity (Wildman–Crippen MR) is 77.4 cm³/mol. The average Bonchev–Trinajstić information content (AvgIpc) is 2.89. The molecule has 0 radical (unpaired) electrons. The van der Waals surface area contributed by atoms with Gasteiger partial charge in [-0.3, -0.25) is 4.79 Å². The second-order valence-corrected chi connectivity index (χ2v) is 4.66. The highest BCUT2D eigenvalue weighted by Crippen LogP contribution is 2.26. The third-order valence-electron chi connectivity index (χ3n) is 3.34. The fraction of sp³-hybridized carbons (Fsp3) is 0.118. The van der Waals surface area contributed by atoms with Crippen LogP contribution in [0.2, 0.25) is 0 Å². The standard InChI is InChI=1S/C17H14O3/c1-11-5-3-4-6-14(11)17(18)16-9-12-7-8-13(19-2)10-15(12)20-16/h3-10H,1-2H3. The number of fused-ring (bicyclic) bond motifs is 1. The van der Waals surface area contributed by atoms with E-state index in [4.69, 9.17) is 9.15 Å². The van der Waals surface area contributed by atoms with E-state index in [0.29, 0.717) is 22.7 Å². The number of benzene rings is 2.